The lowest BCUT2D eigenvalue weighted by molar-refractivity contribution is -0.137. The monoisotopic (exact) mass is 255 g/mol. The number of unbranched alkanes of at least 4 members (excludes halogenated alkanes) is 1. The Morgan fingerprint density at radius 1 is 1.41 bits per heavy atom. The first kappa shape index (κ1) is 14.0. The van der Waals surface area contributed by atoms with Gasteiger partial charge in [0.2, 0.25) is 0 Å². The zero-order valence-electron chi connectivity index (χ0n) is 10.0. The molecule has 0 saturated carbocycles. The van der Waals surface area contributed by atoms with Crippen molar-refractivity contribution in [1.29, 1.82) is 0 Å². The van der Waals surface area contributed by atoms with Crippen molar-refractivity contribution in [2.45, 2.75) is 25.8 Å². The number of hydrogen-bond donors (Lipinski definition) is 1. The second kappa shape index (κ2) is 7.30. The maximum Gasteiger partial charge on any atom is 0.303 e. The molecule has 0 aliphatic heterocycles. The molecule has 1 N–H and O–H groups in total. The molecular weight excluding hydrogens is 238 g/mol. The molecule has 0 spiro atoms. The van der Waals surface area contributed by atoms with Crippen molar-refractivity contribution in [3.8, 4) is 0 Å². The van der Waals surface area contributed by atoms with Crippen LogP contribution in [-0.4, -0.2) is 29.6 Å². The van der Waals surface area contributed by atoms with E-state index in [1.54, 1.807) is 0 Å². The molecule has 1 aromatic carbocycles. The summed E-state index contributed by atoms with van der Waals surface area (Å²) in [6, 6.07) is 7.79. The Kier molecular flexibility index (Phi) is 6.01. The number of hydrogen-bond acceptors (Lipinski definition) is 2. The van der Waals surface area contributed by atoms with E-state index < -0.39 is 5.97 Å². The van der Waals surface area contributed by atoms with Crippen molar-refractivity contribution in [3.63, 3.8) is 0 Å². The van der Waals surface area contributed by atoms with Crippen molar-refractivity contribution in [2.24, 2.45) is 0 Å². The number of halogens is 1. The zero-order valence-corrected chi connectivity index (χ0v) is 10.8. The van der Waals surface area contributed by atoms with E-state index in [9.17, 15) is 4.79 Å². The SMILES string of the molecule is CN(CCCCC(=O)O)Cc1cccc(Cl)c1. The minimum absolute atomic E-state index is 0.255. The van der Waals surface area contributed by atoms with Crippen molar-refractivity contribution >= 4 is 17.6 Å². The maximum atomic E-state index is 10.3. The predicted octanol–water partition coefficient (Wildman–Crippen LogP) is 3.03. The Morgan fingerprint density at radius 3 is 2.82 bits per heavy atom. The van der Waals surface area contributed by atoms with Gasteiger partial charge in [0, 0.05) is 18.0 Å². The van der Waals surface area contributed by atoms with Crippen LogP contribution in [0, 0.1) is 0 Å². The fourth-order valence-electron chi connectivity index (χ4n) is 1.68. The summed E-state index contributed by atoms with van der Waals surface area (Å²) in [5, 5.41) is 9.27. The molecule has 0 heterocycles. The first-order valence-corrected chi connectivity index (χ1v) is 6.10. The predicted molar refractivity (Wildman–Crippen MR) is 69.3 cm³/mol. The molecule has 1 rings (SSSR count). The first-order chi connectivity index (χ1) is 8.08. The Hall–Kier alpha value is -1.06. The molecule has 0 bridgehead atoms. The van der Waals surface area contributed by atoms with Crippen LogP contribution in [0.3, 0.4) is 0 Å². The molecule has 0 amide bonds. The summed E-state index contributed by atoms with van der Waals surface area (Å²) in [5.74, 6) is -0.720. The van der Waals surface area contributed by atoms with Crippen LogP contribution < -0.4 is 0 Å². The molecule has 17 heavy (non-hydrogen) atoms. The van der Waals surface area contributed by atoms with Gasteiger partial charge in [-0.15, -0.1) is 0 Å². The summed E-state index contributed by atoms with van der Waals surface area (Å²) in [4.78, 5) is 12.5. The van der Waals surface area contributed by atoms with E-state index in [2.05, 4.69) is 4.90 Å². The van der Waals surface area contributed by atoms with Crippen molar-refractivity contribution in [3.05, 3.63) is 34.9 Å². The largest absolute Gasteiger partial charge is 0.481 e. The van der Waals surface area contributed by atoms with Gasteiger partial charge in [0.05, 0.1) is 0 Å². The van der Waals surface area contributed by atoms with Gasteiger partial charge in [-0.3, -0.25) is 4.79 Å². The second-order valence-electron chi connectivity index (χ2n) is 4.22. The van der Waals surface area contributed by atoms with Gasteiger partial charge in [-0.25, -0.2) is 0 Å². The van der Waals surface area contributed by atoms with Gasteiger partial charge in [0.25, 0.3) is 0 Å². The molecule has 0 aliphatic rings. The topological polar surface area (TPSA) is 40.5 Å². The molecule has 0 radical (unpaired) electrons. The molecule has 4 heteroatoms. The Bertz CT molecular complexity index is 368. The summed E-state index contributed by atoms with van der Waals surface area (Å²) < 4.78 is 0. The average Bonchev–Trinajstić information content (AvgIpc) is 2.24. The smallest absolute Gasteiger partial charge is 0.303 e. The van der Waals surface area contributed by atoms with Crippen LogP contribution in [0.25, 0.3) is 0 Å². The Morgan fingerprint density at radius 2 is 2.18 bits per heavy atom. The molecule has 0 aromatic heterocycles. The molecule has 0 atom stereocenters. The summed E-state index contributed by atoms with van der Waals surface area (Å²) >= 11 is 5.91. The van der Waals surface area contributed by atoms with Crippen molar-refractivity contribution in [2.75, 3.05) is 13.6 Å². The highest BCUT2D eigenvalue weighted by Gasteiger charge is 2.02. The number of aliphatic carboxylic acids is 1. The van der Waals surface area contributed by atoms with Crippen LogP contribution in [0.5, 0.6) is 0 Å². The molecule has 3 nitrogen and oxygen atoms in total. The standard InChI is InChI=1S/C13H18ClNO2/c1-15(8-3-2-7-13(16)17)10-11-5-4-6-12(14)9-11/h4-6,9H,2-3,7-8,10H2,1H3,(H,16,17). The number of carboxylic acids is 1. The molecule has 0 fully saturated rings. The highest BCUT2D eigenvalue weighted by atomic mass is 35.5. The van der Waals surface area contributed by atoms with Crippen LogP contribution in [0.1, 0.15) is 24.8 Å². The summed E-state index contributed by atoms with van der Waals surface area (Å²) in [5.41, 5.74) is 1.18. The minimum Gasteiger partial charge on any atom is -0.481 e. The lowest BCUT2D eigenvalue weighted by atomic mass is 10.2. The van der Waals surface area contributed by atoms with E-state index in [1.807, 2.05) is 31.3 Å². The van der Waals surface area contributed by atoms with E-state index in [1.165, 1.54) is 5.56 Å². The van der Waals surface area contributed by atoms with E-state index in [4.69, 9.17) is 16.7 Å². The lowest BCUT2D eigenvalue weighted by Gasteiger charge is -2.16. The van der Waals surface area contributed by atoms with Gasteiger partial charge in [-0.1, -0.05) is 23.7 Å². The fourth-order valence-corrected chi connectivity index (χ4v) is 1.90. The third-order valence-electron chi connectivity index (χ3n) is 2.52. The quantitative estimate of drug-likeness (QED) is 0.762. The maximum absolute atomic E-state index is 10.3. The van der Waals surface area contributed by atoms with Crippen LogP contribution in [0.4, 0.5) is 0 Å². The number of carboxylic acid groups (broad SMARTS) is 1. The summed E-state index contributed by atoms with van der Waals surface area (Å²) in [7, 11) is 2.03. The van der Waals surface area contributed by atoms with Crippen molar-refractivity contribution in [1.82, 2.24) is 4.90 Å². The van der Waals surface area contributed by atoms with E-state index in [0.29, 0.717) is 0 Å². The summed E-state index contributed by atoms with van der Waals surface area (Å²) in [6.45, 7) is 1.74. The summed E-state index contributed by atoms with van der Waals surface area (Å²) in [6.07, 6.45) is 1.89. The number of carbonyl (C=O) groups is 1. The van der Waals surface area contributed by atoms with Gasteiger partial charge >= 0.3 is 5.97 Å². The zero-order chi connectivity index (χ0) is 12.7. The first-order valence-electron chi connectivity index (χ1n) is 5.72. The Balaban J connectivity index is 2.25. The van der Waals surface area contributed by atoms with Gasteiger partial charge in [0.15, 0.2) is 0 Å². The van der Waals surface area contributed by atoms with Gasteiger partial charge in [0.1, 0.15) is 0 Å². The highest BCUT2D eigenvalue weighted by Crippen LogP contribution is 2.12. The Labute approximate surface area is 107 Å². The lowest BCUT2D eigenvalue weighted by Crippen LogP contribution is -2.19. The number of rotatable bonds is 7. The minimum atomic E-state index is -0.720. The van der Waals surface area contributed by atoms with Crippen LogP contribution in [-0.2, 0) is 11.3 Å². The van der Waals surface area contributed by atoms with Crippen LogP contribution >= 0.6 is 11.6 Å². The van der Waals surface area contributed by atoms with Gasteiger partial charge in [-0.2, -0.15) is 0 Å². The molecule has 0 aliphatic carbocycles. The third kappa shape index (κ3) is 6.29. The molecule has 94 valence electrons. The van der Waals surface area contributed by atoms with E-state index in [0.717, 1.165) is 31.0 Å². The molecule has 0 unspecified atom stereocenters. The molecule has 1 aromatic rings. The van der Waals surface area contributed by atoms with E-state index >= 15 is 0 Å². The second-order valence-corrected chi connectivity index (χ2v) is 4.65. The third-order valence-corrected chi connectivity index (χ3v) is 2.76. The molecule has 0 saturated heterocycles. The fraction of sp³-hybridized carbons (Fsp3) is 0.462. The number of nitrogens with zero attached hydrogens (tertiary/aromatic N) is 1. The number of benzene rings is 1. The van der Waals surface area contributed by atoms with Gasteiger partial charge in [-0.05, 0) is 44.1 Å². The van der Waals surface area contributed by atoms with Crippen LogP contribution in [0.2, 0.25) is 5.02 Å². The molecular formula is C13H18ClNO2. The normalized spacial score (nSPS) is 10.8. The van der Waals surface area contributed by atoms with Crippen molar-refractivity contribution < 1.29 is 9.90 Å². The highest BCUT2D eigenvalue weighted by molar-refractivity contribution is 6.30. The van der Waals surface area contributed by atoms with Crippen LogP contribution in [0.15, 0.2) is 24.3 Å². The van der Waals surface area contributed by atoms with E-state index in [-0.39, 0.29) is 6.42 Å². The average molecular weight is 256 g/mol. The van der Waals surface area contributed by atoms with Gasteiger partial charge < -0.3 is 10.0 Å².